The van der Waals surface area contributed by atoms with Crippen LogP contribution in [-0.2, 0) is 0 Å². The highest BCUT2D eigenvalue weighted by Gasteiger charge is 2.43. The summed E-state index contributed by atoms with van der Waals surface area (Å²) in [4.78, 5) is 0.736. The summed E-state index contributed by atoms with van der Waals surface area (Å²) in [6.07, 6.45) is 3.75. The SMILES string of the molecule is NC(=S)[C@H]1CCC2(C1)SCCS2. The first-order valence-electron chi connectivity index (χ1n) is 4.29. The van der Waals surface area contributed by atoms with Gasteiger partial charge in [0, 0.05) is 17.4 Å². The maximum Gasteiger partial charge on any atom is 0.0759 e. The molecule has 1 saturated carbocycles. The third-order valence-corrected chi connectivity index (χ3v) is 6.56. The van der Waals surface area contributed by atoms with Gasteiger partial charge in [-0.3, -0.25) is 0 Å². The predicted octanol–water partition coefficient (Wildman–Crippen LogP) is 2.25. The summed E-state index contributed by atoms with van der Waals surface area (Å²) in [6.45, 7) is 0. The normalized spacial score (nSPS) is 32.8. The highest BCUT2D eigenvalue weighted by Crippen LogP contribution is 2.55. The molecule has 0 unspecified atom stereocenters. The lowest BCUT2D eigenvalue weighted by Crippen LogP contribution is -2.20. The summed E-state index contributed by atoms with van der Waals surface area (Å²) in [5.74, 6) is 3.15. The van der Waals surface area contributed by atoms with E-state index in [0.717, 1.165) is 4.99 Å². The van der Waals surface area contributed by atoms with E-state index in [1.165, 1.54) is 30.8 Å². The molecule has 0 bridgehead atoms. The molecule has 2 aliphatic rings. The van der Waals surface area contributed by atoms with Crippen LogP contribution in [0, 0.1) is 5.92 Å². The summed E-state index contributed by atoms with van der Waals surface area (Å²) in [5.41, 5.74) is 5.66. The third kappa shape index (κ3) is 1.61. The maximum absolute atomic E-state index is 5.66. The minimum Gasteiger partial charge on any atom is -0.393 e. The first-order chi connectivity index (χ1) is 5.72. The second kappa shape index (κ2) is 3.39. The molecule has 1 saturated heterocycles. The largest absolute Gasteiger partial charge is 0.393 e. The molecule has 4 heteroatoms. The average molecular weight is 219 g/mol. The van der Waals surface area contributed by atoms with Gasteiger partial charge in [-0.2, -0.15) is 0 Å². The van der Waals surface area contributed by atoms with E-state index in [9.17, 15) is 0 Å². The van der Waals surface area contributed by atoms with Crippen LogP contribution < -0.4 is 5.73 Å². The van der Waals surface area contributed by atoms with Crippen LogP contribution in [0.3, 0.4) is 0 Å². The summed E-state index contributed by atoms with van der Waals surface area (Å²) < 4.78 is 0.508. The first kappa shape index (κ1) is 9.16. The van der Waals surface area contributed by atoms with Crippen molar-refractivity contribution in [2.24, 2.45) is 11.7 Å². The van der Waals surface area contributed by atoms with Gasteiger partial charge in [0.15, 0.2) is 0 Å². The van der Waals surface area contributed by atoms with Gasteiger partial charge in [-0.05, 0) is 19.3 Å². The number of nitrogens with two attached hydrogens (primary N) is 1. The van der Waals surface area contributed by atoms with Crippen molar-refractivity contribution >= 4 is 40.7 Å². The zero-order chi connectivity index (χ0) is 8.60. The van der Waals surface area contributed by atoms with Crippen LogP contribution in [0.25, 0.3) is 0 Å². The molecule has 0 aromatic carbocycles. The quantitative estimate of drug-likeness (QED) is 0.684. The minimum atomic E-state index is 0.508. The number of rotatable bonds is 1. The van der Waals surface area contributed by atoms with E-state index in [2.05, 4.69) is 23.5 Å². The van der Waals surface area contributed by atoms with Crippen LogP contribution in [0.15, 0.2) is 0 Å². The van der Waals surface area contributed by atoms with Gasteiger partial charge in [-0.25, -0.2) is 0 Å². The predicted molar refractivity (Wildman–Crippen MR) is 61.8 cm³/mol. The van der Waals surface area contributed by atoms with E-state index in [-0.39, 0.29) is 0 Å². The van der Waals surface area contributed by atoms with Gasteiger partial charge >= 0.3 is 0 Å². The Bertz CT molecular complexity index is 198. The molecule has 0 amide bonds. The van der Waals surface area contributed by atoms with Gasteiger partial charge in [0.25, 0.3) is 0 Å². The van der Waals surface area contributed by atoms with Gasteiger partial charge < -0.3 is 5.73 Å². The van der Waals surface area contributed by atoms with Crippen LogP contribution >= 0.6 is 35.7 Å². The molecule has 12 heavy (non-hydrogen) atoms. The van der Waals surface area contributed by atoms with Gasteiger partial charge in [0.1, 0.15) is 0 Å². The number of hydrogen-bond acceptors (Lipinski definition) is 3. The molecule has 1 heterocycles. The zero-order valence-electron chi connectivity index (χ0n) is 6.91. The van der Waals surface area contributed by atoms with Gasteiger partial charge in [-0.15, -0.1) is 23.5 Å². The summed E-state index contributed by atoms with van der Waals surface area (Å²) in [7, 11) is 0. The maximum atomic E-state index is 5.66. The molecule has 1 nitrogen and oxygen atoms in total. The van der Waals surface area contributed by atoms with Gasteiger partial charge in [-0.1, -0.05) is 12.2 Å². The monoisotopic (exact) mass is 219 g/mol. The Kier molecular flexibility index (Phi) is 2.58. The van der Waals surface area contributed by atoms with Crippen molar-refractivity contribution in [3.05, 3.63) is 0 Å². The van der Waals surface area contributed by atoms with Crippen molar-refractivity contribution in [1.29, 1.82) is 0 Å². The van der Waals surface area contributed by atoms with Crippen molar-refractivity contribution in [3.63, 3.8) is 0 Å². The molecular weight excluding hydrogens is 206 g/mol. The molecule has 68 valence electrons. The van der Waals surface area contributed by atoms with Crippen LogP contribution in [0.5, 0.6) is 0 Å². The average Bonchev–Trinajstić information content (AvgIpc) is 2.62. The molecule has 0 aromatic rings. The fourth-order valence-corrected chi connectivity index (χ4v) is 5.58. The first-order valence-corrected chi connectivity index (χ1v) is 6.67. The molecule has 1 aliphatic carbocycles. The minimum absolute atomic E-state index is 0.508. The molecule has 1 spiro atoms. The topological polar surface area (TPSA) is 26.0 Å². The van der Waals surface area contributed by atoms with Crippen LogP contribution in [-0.4, -0.2) is 20.6 Å². The van der Waals surface area contributed by atoms with Gasteiger partial charge in [0.05, 0.1) is 9.07 Å². The van der Waals surface area contributed by atoms with E-state index in [0.29, 0.717) is 10.00 Å². The van der Waals surface area contributed by atoms with E-state index >= 15 is 0 Å². The summed E-state index contributed by atoms with van der Waals surface area (Å²) in [6, 6.07) is 0. The fraction of sp³-hybridized carbons (Fsp3) is 0.875. The second-order valence-electron chi connectivity index (χ2n) is 3.45. The molecule has 2 N–H and O–H groups in total. The fourth-order valence-electron chi connectivity index (χ4n) is 1.98. The lowest BCUT2D eigenvalue weighted by atomic mass is 10.1. The third-order valence-electron chi connectivity index (χ3n) is 2.65. The molecule has 2 rings (SSSR count). The Hall–Kier alpha value is 0.590. The van der Waals surface area contributed by atoms with E-state index in [1.807, 2.05) is 0 Å². The van der Waals surface area contributed by atoms with Gasteiger partial charge in [0.2, 0.25) is 0 Å². The van der Waals surface area contributed by atoms with Crippen LogP contribution in [0.1, 0.15) is 19.3 Å². The number of thioether (sulfide) groups is 2. The summed E-state index contributed by atoms with van der Waals surface area (Å²) in [5, 5.41) is 0. The number of hydrogen-bond donors (Lipinski definition) is 1. The van der Waals surface area contributed by atoms with Crippen molar-refractivity contribution < 1.29 is 0 Å². The second-order valence-corrected chi connectivity index (χ2v) is 7.14. The number of thiocarbonyl (C=S) groups is 1. The molecule has 0 radical (unpaired) electrons. The van der Waals surface area contributed by atoms with E-state index in [1.54, 1.807) is 0 Å². The standard InChI is InChI=1S/C8H13NS3/c9-7(10)6-1-2-8(5-6)11-3-4-12-8/h6H,1-5H2,(H2,9,10)/t6-/m0/s1. The zero-order valence-corrected chi connectivity index (χ0v) is 9.36. The van der Waals surface area contributed by atoms with Crippen LogP contribution in [0.4, 0.5) is 0 Å². The van der Waals surface area contributed by atoms with Crippen LogP contribution in [0.2, 0.25) is 0 Å². The van der Waals surface area contributed by atoms with E-state index in [4.69, 9.17) is 18.0 Å². The lowest BCUT2D eigenvalue weighted by Gasteiger charge is -2.20. The van der Waals surface area contributed by atoms with Crippen molar-refractivity contribution in [3.8, 4) is 0 Å². The lowest BCUT2D eigenvalue weighted by molar-refractivity contribution is 0.730. The highest BCUT2D eigenvalue weighted by molar-refractivity contribution is 8.21. The smallest absolute Gasteiger partial charge is 0.0759 e. The Morgan fingerprint density at radius 3 is 2.58 bits per heavy atom. The molecule has 0 aromatic heterocycles. The highest BCUT2D eigenvalue weighted by atomic mass is 32.2. The molecular formula is C8H13NS3. The van der Waals surface area contributed by atoms with Crippen molar-refractivity contribution in [2.75, 3.05) is 11.5 Å². The Labute approximate surface area is 87.2 Å². The molecule has 1 aliphatic heterocycles. The van der Waals surface area contributed by atoms with Crippen molar-refractivity contribution in [2.45, 2.75) is 23.3 Å². The Morgan fingerprint density at radius 2 is 2.08 bits per heavy atom. The molecule has 1 atom stereocenters. The Balaban J connectivity index is 2.01. The Morgan fingerprint density at radius 1 is 1.42 bits per heavy atom. The van der Waals surface area contributed by atoms with Crippen molar-refractivity contribution in [1.82, 2.24) is 0 Å². The van der Waals surface area contributed by atoms with E-state index < -0.39 is 0 Å². The summed E-state index contributed by atoms with van der Waals surface area (Å²) >= 11 is 9.28. The molecule has 2 fully saturated rings.